The number of hydrogen-bond donors (Lipinski definition) is 4. The molecule has 4 unspecified atom stereocenters. The summed E-state index contributed by atoms with van der Waals surface area (Å²) in [4.78, 5) is 5.37. The molecule has 0 spiro atoms. The van der Waals surface area contributed by atoms with Crippen LogP contribution in [0.25, 0.3) is 5.70 Å². The first-order valence-corrected chi connectivity index (χ1v) is 12.2. The number of nitrogens with zero attached hydrogens (tertiary/aromatic N) is 2. The topological polar surface area (TPSA) is 124 Å². The Morgan fingerprint density at radius 3 is 2.18 bits per heavy atom. The number of nitrogens with two attached hydrogens (primary N) is 3. The Balaban J connectivity index is 0.000000273. The van der Waals surface area contributed by atoms with Crippen LogP contribution in [0.1, 0.15) is 50.8 Å². The van der Waals surface area contributed by atoms with Crippen LogP contribution in [-0.2, 0) is 10.9 Å². The SMILES string of the molecule is C.NC(N)=C/C=C(\N)c1cccnc1C(F)(F)F.[B]C1([B])CC(C([B])([B])N2CC3CCCC3C2)CC([B])(O)O1. The summed E-state index contributed by atoms with van der Waals surface area (Å²) in [5.74, 6) is 0.961. The fraction of sp³-hybridized carbons (Fsp3) is 0.625. The molecule has 15 heteroatoms. The minimum absolute atomic E-state index is 0. The van der Waals surface area contributed by atoms with Gasteiger partial charge in [-0.15, -0.1) is 0 Å². The zero-order valence-electron chi connectivity index (χ0n) is 21.1. The molecular weight excluding hydrogens is 501 g/mol. The second-order valence-electron chi connectivity index (χ2n) is 10.4. The fourth-order valence-electron chi connectivity index (χ4n) is 5.50. The lowest BCUT2D eigenvalue weighted by Crippen LogP contribution is -2.63. The van der Waals surface area contributed by atoms with Crippen LogP contribution in [0.5, 0.6) is 0 Å². The van der Waals surface area contributed by atoms with Crippen LogP contribution in [0.3, 0.4) is 0 Å². The third kappa shape index (κ3) is 8.51. The normalized spacial score (nSPS) is 28.9. The highest BCUT2D eigenvalue weighted by atomic mass is 19.4. The van der Waals surface area contributed by atoms with E-state index in [1.807, 2.05) is 0 Å². The molecule has 4 atom stereocenters. The van der Waals surface area contributed by atoms with Crippen LogP contribution in [-0.4, -0.2) is 83.7 Å². The van der Waals surface area contributed by atoms with Gasteiger partial charge in [-0.25, -0.2) is 0 Å². The van der Waals surface area contributed by atoms with E-state index in [4.69, 9.17) is 61.2 Å². The van der Waals surface area contributed by atoms with Gasteiger partial charge in [-0.3, -0.25) is 4.98 Å². The summed E-state index contributed by atoms with van der Waals surface area (Å²) in [5, 5.41) is 7.40. The second-order valence-corrected chi connectivity index (χ2v) is 10.4. The Labute approximate surface area is 235 Å². The van der Waals surface area contributed by atoms with Crippen molar-refractivity contribution in [2.45, 2.75) is 62.1 Å². The predicted octanol–water partition coefficient (Wildman–Crippen LogP) is 0.736. The second kappa shape index (κ2) is 12.3. The van der Waals surface area contributed by atoms with Crippen molar-refractivity contribution in [2.75, 3.05) is 13.1 Å². The summed E-state index contributed by atoms with van der Waals surface area (Å²) in [6.07, 6.45) is 3.03. The van der Waals surface area contributed by atoms with Gasteiger partial charge in [0.25, 0.3) is 0 Å². The average Bonchev–Trinajstić information content (AvgIpc) is 3.38. The largest absolute Gasteiger partial charge is 0.434 e. The average molecular weight is 535 g/mol. The van der Waals surface area contributed by atoms with Crippen LogP contribution < -0.4 is 17.2 Å². The quantitative estimate of drug-likeness (QED) is 0.332. The first kappa shape index (κ1) is 33.2. The van der Waals surface area contributed by atoms with Gasteiger partial charge in [-0.05, 0) is 73.1 Å². The Morgan fingerprint density at radius 2 is 1.67 bits per heavy atom. The molecule has 1 saturated carbocycles. The summed E-state index contributed by atoms with van der Waals surface area (Å²) >= 11 is 0. The molecule has 1 aromatic rings. The number of rotatable bonds is 4. The van der Waals surface area contributed by atoms with Gasteiger partial charge in [-0.2, -0.15) is 13.2 Å². The standard InChI is InChI=1S/C13H18B5NO2.C10H11F3N4.CH4/c14-11(15)4-10(5-12(16,20)21-11)13(17,18)19-6-8-2-1-3-9(8)7-19;11-10(12,13)9-6(2-1-5-17-9)7(14)3-4-8(15)16;/h8-10,20H,1-7H2;1-5H,14-16H2;1H4/b;7-3-;. The van der Waals surface area contributed by atoms with E-state index in [0.29, 0.717) is 11.8 Å². The fourth-order valence-corrected chi connectivity index (χ4v) is 5.50. The number of aliphatic hydroxyl groups is 1. The molecular formula is C24H33B5F3N5O2. The van der Waals surface area contributed by atoms with Crippen molar-refractivity contribution in [1.82, 2.24) is 9.88 Å². The van der Waals surface area contributed by atoms with Gasteiger partial charge in [0.15, 0.2) is 13.5 Å². The van der Waals surface area contributed by atoms with Gasteiger partial charge in [0.05, 0.1) is 37.2 Å². The van der Waals surface area contributed by atoms with E-state index in [-0.39, 0.29) is 43.3 Å². The van der Waals surface area contributed by atoms with E-state index in [1.54, 1.807) is 0 Å². The molecule has 0 bridgehead atoms. The minimum atomic E-state index is -4.56. The highest BCUT2D eigenvalue weighted by Gasteiger charge is 2.49. The molecule has 7 N–H and O–H groups in total. The van der Waals surface area contributed by atoms with Crippen molar-refractivity contribution >= 4 is 44.9 Å². The van der Waals surface area contributed by atoms with E-state index in [1.165, 1.54) is 43.5 Å². The van der Waals surface area contributed by atoms with Crippen molar-refractivity contribution in [3.05, 3.63) is 47.6 Å². The number of hydrogen-bond acceptors (Lipinski definition) is 7. The van der Waals surface area contributed by atoms with Gasteiger partial charge in [0.2, 0.25) is 0 Å². The third-order valence-corrected chi connectivity index (χ3v) is 7.24. The predicted molar refractivity (Wildman–Crippen MR) is 150 cm³/mol. The minimum Gasteiger partial charge on any atom is -0.398 e. The van der Waals surface area contributed by atoms with Crippen molar-refractivity contribution in [3.63, 3.8) is 0 Å². The van der Waals surface area contributed by atoms with Crippen LogP contribution in [0.15, 0.2) is 36.3 Å². The van der Waals surface area contributed by atoms with Crippen molar-refractivity contribution in [1.29, 1.82) is 0 Å². The van der Waals surface area contributed by atoms with Crippen LogP contribution in [0.2, 0.25) is 0 Å². The molecule has 10 radical (unpaired) electrons. The van der Waals surface area contributed by atoms with E-state index in [0.717, 1.165) is 19.3 Å². The molecule has 1 aliphatic carbocycles. The Hall–Kier alpha value is -1.98. The van der Waals surface area contributed by atoms with Gasteiger partial charge in [0.1, 0.15) is 5.69 Å². The van der Waals surface area contributed by atoms with E-state index in [2.05, 4.69) is 9.88 Å². The lowest BCUT2D eigenvalue weighted by Gasteiger charge is -2.54. The molecule has 202 valence electrons. The lowest BCUT2D eigenvalue weighted by atomic mass is 9.46. The Kier molecular flexibility index (Phi) is 10.5. The van der Waals surface area contributed by atoms with Crippen LogP contribution in [0.4, 0.5) is 13.2 Å². The highest BCUT2D eigenvalue weighted by molar-refractivity contribution is 6.41. The molecule has 7 nitrogen and oxygen atoms in total. The monoisotopic (exact) mass is 535 g/mol. The number of allylic oxidation sites excluding steroid dienone is 2. The summed E-state index contributed by atoms with van der Waals surface area (Å²) < 4.78 is 42.9. The van der Waals surface area contributed by atoms with Crippen molar-refractivity contribution < 1.29 is 23.0 Å². The molecule has 4 rings (SSSR count). The van der Waals surface area contributed by atoms with Crippen LogP contribution >= 0.6 is 0 Å². The number of aromatic nitrogens is 1. The van der Waals surface area contributed by atoms with E-state index >= 15 is 0 Å². The third-order valence-electron chi connectivity index (χ3n) is 7.24. The molecule has 0 aromatic carbocycles. The summed E-state index contributed by atoms with van der Waals surface area (Å²) in [7, 11) is 30.1. The summed E-state index contributed by atoms with van der Waals surface area (Å²) in [5.41, 5.74) is 12.5. The molecule has 3 aliphatic rings. The van der Waals surface area contributed by atoms with E-state index < -0.39 is 28.3 Å². The number of alkyl halides is 3. The highest BCUT2D eigenvalue weighted by Crippen LogP contribution is 2.44. The molecule has 2 aliphatic heterocycles. The number of ether oxygens (including phenoxy) is 1. The molecule has 39 heavy (non-hydrogen) atoms. The van der Waals surface area contributed by atoms with Gasteiger partial charge in [-0.1, -0.05) is 19.2 Å². The Morgan fingerprint density at radius 1 is 1.08 bits per heavy atom. The lowest BCUT2D eigenvalue weighted by molar-refractivity contribution is -0.207. The molecule has 3 fully saturated rings. The number of pyridine rings is 1. The maximum Gasteiger partial charge on any atom is 0.434 e. The maximum absolute atomic E-state index is 12.6. The number of fused-ring (bicyclic) bond motifs is 1. The first-order chi connectivity index (χ1) is 17.4. The number of likely N-dealkylation sites (tertiary alicyclic amines) is 1. The summed E-state index contributed by atoms with van der Waals surface area (Å²) in [6.45, 7) is 1.78. The summed E-state index contributed by atoms with van der Waals surface area (Å²) in [6, 6.07) is 2.59. The van der Waals surface area contributed by atoms with E-state index in [9.17, 15) is 18.3 Å². The molecule has 3 heterocycles. The van der Waals surface area contributed by atoms with Crippen LogP contribution in [0, 0.1) is 17.8 Å². The van der Waals surface area contributed by atoms with Gasteiger partial charge >= 0.3 is 6.18 Å². The van der Waals surface area contributed by atoms with Gasteiger partial charge in [0, 0.05) is 30.5 Å². The van der Waals surface area contributed by atoms with Crippen molar-refractivity contribution in [3.8, 4) is 0 Å². The molecule has 0 amide bonds. The zero-order valence-corrected chi connectivity index (χ0v) is 21.1. The maximum atomic E-state index is 12.6. The Bertz CT molecular complexity index is 1020. The first-order valence-electron chi connectivity index (χ1n) is 12.2. The number of halogens is 3. The van der Waals surface area contributed by atoms with Gasteiger partial charge < -0.3 is 31.9 Å². The smallest absolute Gasteiger partial charge is 0.398 e. The molecule has 1 aromatic heterocycles. The zero-order chi connectivity index (χ0) is 28.5. The molecule has 2 saturated heterocycles. The van der Waals surface area contributed by atoms with Crippen molar-refractivity contribution in [2.24, 2.45) is 35.0 Å².